The first-order chi connectivity index (χ1) is 13.1. The van der Waals surface area contributed by atoms with E-state index in [-0.39, 0.29) is 11.8 Å². The van der Waals surface area contributed by atoms with Crippen molar-refractivity contribution in [1.29, 1.82) is 0 Å². The highest BCUT2D eigenvalue weighted by molar-refractivity contribution is 6.34. The van der Waals surface area contributed by atoms with Crippen molar-refractivity contribution in [2.45, 2.75) is 18.9 Å². The molecule has 1 aliphatic rings. The second kappa shape index (κ2) is 7.40. The maximum Gasteiger partial charge on any atom is 0.267 e. The molecule has 2 aromatic heterocycles. The molecule has 0 spiro atoms. The van der Waals surface area contributed by atoms with Crippen molar-refractivity contribution in [3.05, 3.63) is 59.5 Å². The van der Waals surface area contributed by atoms with Crippen molar-refractivity contribution in [2.75, 3.05) is 18.0 Å². The van der Waals surface area contributed by atoms with Crippen LogP contribution in [-0.2, 0) is 0 Å². The number of primary amides is 1. The van der Waals surface area contributed by atoms with Crippen LogP contribution in [0.3, 0.4) is 0 Å². The number of hydrogen-bond acceptors (Lipinski definition) is 5. The van der Waals surface area contributed by atoms with Gasteiger partial charge in [-0.25, -0.2) is 4.98 Å². The number of nitrogens with zero attached hydrogens (tertiary/aromatic N) is 3. The van der Waals surface area contributed by atoms with Crippen LogP contribution in [0.5, 0.6) is 5.75 Å². The van der Waals surface area contributed by atoms with Crippen LogP contribution in [0.25, 0.3) is 10.8 Å². The van der Waals surface area contributed by atoms with Crippen molar-refractivity contribution in [2.24, 2.45) is 5.73 Å². The molecule has 0 unspecified atom stereocenters. The van der Waals surface area contributed by atoms with Crippen molar-refractivity contribution < 1.29 is 9.53 Å². The van der Waals surface area contributed by atoms with Gasteiger partial charge in [0.05, 0.1) is 0 Å². The second-order valence-corrected chi connectivity index (χ2v) is 6.90. The Labute approximate surface area is 161 Å². The molecule has 1 saturated heterocycles. The molecule has 3 heterocycles. The fraction of sp³-hybridized carbons (Fsp3) is 0.250. The van der Waals surface area contributed by atoms with E-state index in [1.807, 2.05) is 24.3 Å². The number of carbonyl (C=O) groups is 1. The molecule has 1 fully saturated rings. The number of amides is 1. The summed E-state index contributed by atoms with van der Waals surface area (Å²) < 4.78 is 6.00. The Balaban J connectivity index is 1.43. The first kappa shape index (κ1) is 17.5. The topological polar surface area (TPSA) is 81.3 Å². The molecule has 2 N–H and O–H groups in total. The van der Waals surface area contributed by atoms with Crippen LogP contribution in [0.2, 0.25) is 5.15 Å². The number of nitrogens with two attached hydrogens (primary N) is 1. The number of fused-ring (bicyclic) bond motifs is 1. The second-order valence-electron chi connectivity index (χ2n) is 6.54. The minimum Gasteiger partial charge on any atom is -0.490 e. The summed E-state index contributed by atoms with van der Waals surface area (Å²) in [5.74, 6) is 0.940. The van der Waals surface area contributed by atoms with Gasteiger partial charge in [0, 0.05) is 43.6 Å². The van der Waals surface area contributed by atoms with Crippen molar-refractivity contribution >= 4 is 34.1 Å². The minimum absolute atomic E-state index is 0.0697. The number of benzene rings is 1. The molecule has 7 heteroatoms. The first-order valence-corrected chi connectivity index (χ1v) is 9.21. The summed E-state index contributed by atoms with van der Waals surface area (Å²) in [6, 6.07) is 13.4. The number of piperidine rings is 1. The van der Waals surface area contributed by atoms with Gasteiger partial charge >= 0.3 is 0 Å². The summed E-state index contributed by atoms with van der Waals surface area (Å²) in [5, 5.41) is 2.57. The van der Waals surface area contributed by atoms with Gasteiger partial charge in [-0.1, -0.05) is 35.9 Å². The lowest BCUT2D eigenvalue weighted by atomic mass is 10.1. The summed E-state index contributed by atoms with van der Waals surface area (Å²) in [7, 11) is 0. The van der Waals surface area contributed by atoms with Gasteiger partial charge < -0.3 is 15.4 Å². The molecule has 138 valence electrons. The van der Waals surface area contributed by atoms with Crippen LogP contribution in [0.15, 0.2) is 48.7 Å². The molecular formula is C20H19ClN4O2. The van der Waals surface area contributed by atoms with Crippen LogP contribution in [0.1, 0.15) is 23.3 Å². The van der Waals surface area contributed by atoms with Crippen LogP contribution in [0, 0.1) is 0 Å². The Morgan fingerprint density at radius 1 is 1.19 bits per heavy atom. The minimum atomic E-state index is -0.561. The number of ether oxygens (including phenoxy) is 1. The molecule has 0 saturated carbocycles. The van der Waals surface area contributed by atoms with E-state index in [9.17, 15) is 4.79 Å². The third-order valence-electron chi connectivity index (χ3n) is 4.73. The highest BCUT2D eigenvalue weighted by Crippen LogP contribution is 2.28. The van der Waals surface area contributed by atoms with Crippen LogP contribution in [0.4, 0.5) is 5.82 Å². The van der Waals surface area contributed by atoms with Gasteiger partial charge in [0.25, 0.3) is 5.91 Å². The normalized spacial score (nSPS) is 15.1. The Morgan fingerprint density at radius 3 is 2.74 bits per heavy atom. The standard InChI is InChI=1S/C20H19ClN4O2/c21-19-16-4-2-1-3-13(16)11-18(24-19)25-9-6-14(7-10-25)27-15-5-8-23-17(12-15)20(22)26/h1-5,8,11-12,14H,6-7,9-10H2,(H2,22,26). The van der Waals surface area contributed by atoms with Gasteiger partial charge in [-0.15, -0.1) is 0 Å². The molecule has 0 radical (unpaired) electrons. The molecule has 0 aliphatic carbocycles. The molecule has 27 heavy (non-hydrogen) atoms. The first-order valence-electron chi connectivity index (χ1n) is 8.83. The predicted octanol–water partition coefficient (Wildman–Crippen LogP) is 3.43. The fourth-order valence-corrected chi connectivity index (χ4v) is 3.58. The molecule has 6 nitrogen and oxygen atoms in total. The van der Waals surface area contributed by atoms with E-state index in [1.165, 1.54) is 6.20 Å². The van der Waals surface area contributed by atoms with Crippen molar-refractivity contribution in [3.8, 4) is 5.75 Å². The number of carbonyl (C=O) groups excluding carboxylic acids is 1. The zero-order chi connectivity index (χ0) is 18.8. The number of pyridine rings is 2. The molecule has 1 amide bonds. The molecule has 1 aliphatic heterocycles. The third-order valence-corrected chi connectivity index (χ3v) is 5.02. The summed E-state index contributed by atoms with van der Waals surface area (Å²) in [5.41, 5.74) is 5.48. The zero-order valence-corrected chi connectivity index (χ0v) is 15.4. The van der Waals surface area contributed by atoms with Gasteiger partial charge in [-0.2, -0.15) is 0 Å². The Kier molecular flexibility index (Phi) is 4.81. The quantitative estimate of drug-likeness (QED) is 0.699. The average molecular weight is 383 g/mol. The molecular weight excluding hydrogens is 364 g/mol. The van der Waals surface area contributed by atoms with E-state index in [4.69, 9.17) is 22.1 Å². The number of anilines is 1. The Bertz CT molecular complexity index is 987. The highest BCUT2D eigenvalue weighted by Gasteiger charge is 2.22. The lowest BCUT2D eigenvalue weighted by Crippen LogP contribution is -2.38. The smallest absolute Gasteiger partial charge is 0.267 e. The SMILES string of the molecule is NC(=O)c1cc(OC2CCN(c3cc4ccccc4c(Cl)n3)CC2)ccn1. The summed E-state index contributed by atoms with van der Waals surface area (Å²) in [6.07, 6.45) is 3.30. The number of halogens is 1. The maximum atomic E-state index is 11.2. The van der Waals surface area contributed by atoms with E-state index in [0.717, 1.165) is 42.5 Å². The molecule has 0 bridgehead atoms. The summed E-state index contributed by atoms with van der Waals surface area (Å²) in [6.45, 7) is 1.64. The third kappa shape index (κ3) is 3.80. The van der Waals surface area contributed by atoms with Gasteiger partial charge in [0.15, 0.2) is 0 Å². The Morgan fingerprint density at radius 2 is 1.96 bits per heavy atom. The van der Waals surface area contributed by atoms with Gasteiger partial charge in [-0.05, 0) is 17.5 Å². The lowest BCUT2D eigenvalue weighted by Gasteiger charge is -2.33. The monoisotopic (exact) mass is 382 g/mol. The highest BCUT2D eigenvalue weighted by atomic mass is 35.5. The van der Waals surface area contributed by atoms with Gasteiger partial charge in [0.1, 0.15) is 28.5 Å². The lowest BCUT2D eigenvalue weighted by molar-refractivity contribution is 0.0994. The van der Waals surface area contributed by atoms with Crippen molar-refractivity contribution in [3.63, 3.8) is 0 Å². The van der Waals surface area contributed by atoms with E-state index in [2.05, 4.69) is 20.9 Å². The summed E-state index contributed by atoms with van der Waals surface area (Å²) in [4.78, 5) is 22.0. The fourth-order valence-electron chi connectivity index (χ4n) is 3.32. The Hall–Kier alpha value is -2.86. The van der Waals surface area contributed by atoms with Crippen LogP contribution in [-0.4, -0.2) is 35.1 Å². The van der Waals surface area contributed by atoms with Crippen molar-refractivity contribution in [1.82, 2.24) is 9.97 Å². The molecule has 1 aromatic carbocycles. The van der Waals surface area contributed by atoms with Crippen LogP contribution >= 0.6 is 11.6 Å². The predicted molar refractivity (Wildman–Crippen MR) is 105 cm³/mol. The summed E-state index contributed by atoms with van der Waals surface area (Å²) >= 11 is 6.35. The zero-order valence-electron chi connectivity index (χ0n) is 14.6. The molecule has 4 rings (SSSR count). The van der Waals surface area contributed by atoms with Gasteiger partial charge in [-0.3, -0.25) is 9.78 Å². The molecule has 3 aromatic rings. The number of aromatic nitrogens is 2. The van der Waals surface area contributed by atoms with Crippen LogP contribution < -0.4 is 15.4 Å². The molecule has 0 atom stereocenters. The maximum absolute atomic E-state index is 11.2. The average Bonchev–Trinajstić information content (AvgIpc) is 2.69. The van der Waals surface area contributed by atoms with E-state index < -0.39 is 5.91 Å². The number of rotatable bonds is 4. The number of hydrogen-bond donors (Lipinski definition) is 1. The van der Waals surface area contributed by atoms with Gasteiger partial charge in [0.2, 0.25) is 0 Å². The van der Waals surface area contributed by atoms with E-state index in [0.29, 0.717) is 10.9 Å². The van der Waals surface area contributed by atoms with E-state index in [1.54, 1.807) is 12.1 Å². The van der Waals surface area contributed by atoms with E-state index >= 15 is 0 Å². The largest absolute Gasteiger partial charge is 0.490 e.